The van der Waals surface area contributed by atoms with Gasteiger partial charge in [-0.3, -0.25) is 29.0 Å². The van der Waals surface area contributed by atoms with Crippen LogP contribution >= 0.6 is 24.4 Å². The second-order valence-corrected chi connectivity index (χ2v) is 15.0. The summed E-state index contributed by atoms with van der Waals surface area (Å²) in [5.41, 5.74) is 1.96. The lowest BCUT2D eigenvalue weighted by molar-refractivity contribution is -0.121. The highest BCUT2D eigenvalue weighted by molar-refractivity contribution is 7.81. The Morgan fingerprint density at radius 1 is 0.603 bits per heavy atom. The molecule has 0 radical (unpaired) electrons. The van der Waals surface area contributed by atoms with Crippen molar-refractivity contribution in [3.63, 3.8) is 0 Å². The average molecular weight is 821 g/mol. The molecular weight excluding hydrogens is 783 g/mol. The molecule has 0 atom stereocenters. The number of anilines is 4. The molecule has 2 aliphatic heterocycles. The number of thiocarbonyl (C=S) groups is 2. The van der Waals surface area contributed by atoms with E-state index in [1.165, 1.54) is 48.2 Å². The molecule has 12 nitrogen and oxygen atoms in total. The van der Waals surface area contributed by atoms with Gasteiger partial charge in [0.15, 0.2) is 21.6 Å². The lowest BCUT2D eigenvalue weighted by Gasteiger charge is -2.29. The number of amides is 4. The number of carbonyl (C=O) groups is 4. The number of hydrogen-bond acceptors (Lipinski definition) is 6. The standard InChI is InChI=1S/2C21H19FN4O2S/c2*1-12-10-13(7-9-17(12)23-4)25-19(28)21(2,3)26(20(25)29)14-6-8-15(16(22)11-14)18(27)24-5/h2*6-11H,1-3,5H3,(H,24,27). The van der Waals surface area contributed by atoms with Crippen molar-refractivity contribution in [2.45, 2.75) is 52.6 Å². The van der Waals surface area contributed by atoms with Gasteiger partial charge in [0, 0.05) is 36.8 Å². The third-order valence-electron chi connectivity index (χ3n) is 9.82. The van der Waals surface area contributed by atoms with Crippen molar-refractivity contribution in [2.75, 3.05) is 33.7 Å². The third kappa shape index (κ3) is 7.35. The predicted octanol–water partition coefficient (Wildman–Crippen LogP) is 7.92. The molecule has 2 heterocycles. The van der Waals surface area contributed by atoms with Crippen molar-refractivity contribution >= 4 is 92.4 Å². The van der Waals surface area contributed by atoms with Crippen LogP contribution in [0.1, 0.15) is 59.5 Å². The zero-order valence-corrected chi connectivity index (χ0v) is 34.4. The number of hydrogen-bond donors (Lipinski definition) is 2. The Morgan fingerprint density at radius 2 is 0.931 bits per heavy atom. The van der Waals surface area contributed by atoms with E-state index in [9.17, 15) is 28.0 Å². The van der Waals surface area contributed by atoms with Gasteiger partial charge in [-0.05, 0) is 138 Å². The molecule has 4 aromatic rings. The van der Waals surface area contributed by atoms with Crippen LogP contribution in [-0.4, -0.2) is 59.0 Å². The van der Waals surface area contributed by atoms with E-state index >= 15 is 0 Å². The quantitative estimate of drug-likeness (QED) is 0.149. The van der Waals surface area contributed by atoms with E-state index in [2.05, 4.69) is 20.3 Å². The van der Waals surface area contributed by atoms with E-state index in [0.717, 1.165) is 11.1 Å². The highest BCUT2D eigenvalue weighted by Crippen LogP contribution is 2.40. The molecule has 4 amide bonds. The van der Waals surface area contributed by atoms with Crippen LogP contribution in [0.4, 0.5) is 42.9 Å². The van der Waals surface area contributed by atoms with E-state index < -0.39 is 34.5 Å². The van der Waals surface area contributed by atoms with Gasteiger partial charge in [0.2, 0.25) is 0 Å². The third-order valence-corrected chi connectivity index (χ3v) is 10.5. The van der Waals surface area contributed by atoms with Crippen LogP contribution in [0.15, 0.2) is 72.8 Å². The summed E-state index contributed by atoms with van der Waals surface area (Å²) < 4.78 is 29.0. The van der Waals surface area contributed by atoms with Crippen molar-refractivity contribution in [1.29, 1.82) is 0 Å². The van der Waals surface area contributed by atoms with Crippen molar-refractivity contribution in [2.24, 2.45) is 0 Å². The maximum atomic E-state index is 14.5. The summed E-state index contributed by atoms with van der Waals surface area (Å²) in [4.78, 5) is 62.6. The van der Waals surface area contributed by atoms with E-state index in [0.29, 0.717) is 34.1 Å². The minimum atomic E-state index is -1.07. The first kappa shape index (κ1) is 42.5. The van der Waals surface area contributed by atoms with Gasteiger partial charge in [-0.2, -0.15) is 0 Å². The van der Waals surface area contributed by atoms with Gasteiger partial charge in [0.25, 0.3) is 23.6 Å². The van der Waals surface area contributed by atoms with Crippen molar-refractivity contribution < 1.29 is 28.0 Å². The van der Waals surface area contributed by atoms with Gasteiger partial charge in [0.1, 0.15) is 22.7 Å². The Hall–Kier alpha value is -6.62. The first-order valence-corrected chi connectivity index (χ1v) is 18.4. The highest BCUT2D eigenvalue weighted by Gasteiger charge is 2.51. The molecule has 2 N–H and O–H groups in total. The summed E-state index contributed by atoms with van der Waals surface area (Å²) in [5, 5.41) is 5.16. The maximum absolute atomic E-state index is 14.5. The zero-order chi connectivity index (χ0) is 43.0. The van der Waals surface area contributed by atoms with Crippen LogP contribution in [0, 0.1) is 38.6 Å². The Kier molecular flexibility index (Phi) is 11.8. The van der Waals surface area contributed by atoms with E-state index in [-0.39, 0.29) is 33.2 Å². The predicted molar refractivity (Wildman–Crippen MR) is 228 cm³/mol. The molecule has 2 aliphatic rings. The fourth-order valence-electron chi connectivity index (χ4n) is 6.64. The Labute approximate surface area is 345 Å². The lowest BCUT2D eigenvalue weighted by atomic mass is 10.0. The summed E-state index contributed by atoms with van der Waals surface area (Å²) >= 11 is 11.2. The van der Waals surface area contributed by atoms with Gasteiger partial charge < -0.3 is 20.4 Å². The Balaban J connectivity index is 0.000000221. The Morgan fingerprint density at radius 3 is 1.21 bits per heavy atom. The fourth-order valence-corrected chi connectivity index (χ4v) is 7.69. The highest BCUT2D eigenvalue weighted by atomic mass is 32.1. The molecule has 0 saturated carbocycles. The summed E-state index contributed by atoms with van der Waals surface area (Å²) in [6.07, 6.45) is 0. The van der Waals surface area contributed by atoms with Crippen LogP contribution in [0.3, 0.4) is 0 Å². The zero-order valence-electron chi connectivity index (χ0n) is 32.8. The van der Waals surface area contributed by atoms with Gasteiger partial charge >= 0.3 is 0 Å². The second kappa shape index (κ2) is 16.1. The number of benzene rings is 4. The van der Waals surface area contributed by atoms with Gasteiger partial charge in [-0.25, -0.2) is 18.5 Å². The molecule has 6 rings (SSSR count). The second-order valence-electron chi connectivity index (χ2n) is 14.3. The summed E-state index contributed by atoms with van der Waals surface area (Å²) in [5.74, 6) is -3.02. The van der Waals surface area contributed by atoms with E-state index in [1.54, 1.807) is 99.9 Å². The number of aryl methyl sites for hydroxylation is 2. The summed E-state index contributed by atoms with van der Waals surface area (Å²) in [6.45, 7) is 24.7. The number of nitrogens with one attached hydrogen (secondary N) is 2. The SMILES string of the molecule is [C-]#[N+]c1ccc(N2C(=O)C(C)(C)N(c3ccc(C(=O)NC)c(F)c3)C2=S)cc1C.[C-]#[N+]c1ccc(N2C(=O)C(C)(C)N(c3ccc(C(=O)NC)c(F)c3)C2=S)cc1C. The molecule has 2 saturated heterocycles. The molecule has 296 valence electrons. The molecule has 0 spiro atoms. The number of halogens is 2. The molecule has 2 fully saturated rings. The minimum Gasteiger partial charge on any atom is -0.355 e. The van der Waals surface area contributed by atoms with Crippen molar-refractivity contribution in [3.05, 3.63) is 130 Å². The molecule has 0 unspecified atom stereocenters. The van der Waals surface area contributed by atoms with Crippen LogP contribution in [-0.2, 0) is 9.59 Å². The molecule has 0 aliphatic carbocycles. The average Bonchev–Trinajstić information content (AvgIpc) is 3.47. The number of nitrogens with zero attached hydrogens (tertiary/aromatic N) is 6. The molecule has 0 bridgehead atoms. The molecule has 4 aromatic carbocycles. The van der Waals surface area contributed by atoms with Crippen LogP contribution in [0.25, 0.3) is 9.69 Å². The summed E-state index contributed by atoms with van der Waals surface area (Å²) in [7, 11) is 2.85. The molecule has 58 heavy (non-hydrogen) atoms. The van der Waals surface area contributed by atoms with Crippen LogP contribution < -0.4 is 30.2 Å². The number of carbonyl (C=O) groups excluding carboxylic acids is 4. The summed E-state index contributed by atoms with van der Waals surface area (Å²) in [6, 6.07) is 18.3. The molecule has 16 heteroatoms. The fraction of sp³-hybridized carbons (Fsp3) is 0.238. The van der Waals surface area contributed by atoms with Gasteiger partial charge in [-0.15, -0.1) is 0 Å². The topological polar surface area (TPSA) is 114 Å². The maximum Gasteiger partial charge on any atom is 0.259 e. The van der Waals surface area contributed by atoms with Crippen LogP contribution in [0.5, 0.6) is 0 Å². The minimum absolute atomic E-state index is 0.0901. The number of rotatable bonds is 6. The van der Waals surface area contributed by atoms with Gasteiger partial charge in [0.05, 0.1) is 24.3 Å². The van der Waals surface area contributed by atoms with E-state index in [1.807, 2.05) is 0 Å². The van der Waals surface area contributed by atoms with E-state index in [4.69, 9.17) is 37.6 Å². The molecular formula is C42H38F2N8O4S2. The normalized spacial score (nSPS) is 15.4. The largest absolute Gasteiger partial charge is 0.355 e. The lowest BCUT2D eigenvalue weighted by Crippen LogP contribution is -2.44. The van der Waals surface area contributed by atoms with Crippen LogP contribution in [0.2, 0.25) is 0 Å². The smallest absolute Gasteiger partial charge is 0.259 e. The van der Waals surface area contributed by atoms with Crippen molar-refractivity contribution in [1.82, 2.24) is 10.6 Å². The monoisotopic (exact) mass is 820 g/mol. The van der Waals surface area contributed by atoms with Gasteiger partial charge in [-0.1, -0.05) is 12.1 Å². The van der Waals surface area contributed by atoms with Crippen molar-refractivity contribution in [3.8, 4) is 0 Å². The molecule has 0 aromatic heterocycles. The first-order chi connectivity index (χ1) is 27.3. The first-order valence-electron chi connectivity index (χ1n) is 17.6. The Bertz CT molecular complexity index is 2350.